The van der Waals surface area contributed by atoms with Crippen LogP contribution in [0.15, 0.2) is 54.7 Å². The van der Waals surface area contributed by atoms with Gasteiger partial charge in [0.25, 0.3) is 0 Å². The third-order valence-electron chi connectivity index (χ3n) is 5.31. The number of carbonyl (C=O) groups is 1. The second kappa shape index (κ2) is 7.65. The maximum absolute atomic E-state index is 10.9. The maximum atomic E-state index is 10.9. The Labute approximate surface area is 153 Å². The summed E-state index contributed by atoms with van der Waals surface area (Å²) in [5.41, 5.74) is 2.99. The number of nitrogens with zero attached hydrogens (tertiary/aromatic N) is 3. The third-order valence-corrected chi connectivity index (χ3v) is 5.31. The van der Waals surface area contributed by atoms with E-state index in [-0.39, 0.29) is 0 Å². The molecule has 3 aromatic rings. The number of fused-ring (bicyclic) bond motifs is 1. The molecule has 4 nitrogen and oxygen atoms in total. The van der Waals surface area contributed by atoms with Crippen molar-refractivity contribution in [3.63, 3.8) is 0 Å². The van der Waals surface area contributed by atoms with Gasteiger partial charge in [-0.15, -0.1) is 0 Å². The molecule has 0 unspecified atom stereocenters. The number of hydrogen-bond acceptors (Lipinski definition) is 4. The number of aromatic nitrogens is 2. The Bertz CT molecular complexity index is 886. The lowest BCUT2D eigenvalue weighted by Crippen LogP contribution is -2.35. The smallest absolute Gasteiger partial charge is 0.225 e. The van der Waals surface area contributed by atoms with Crippen LogP contribution in [0.5, 0.6) is 0 Å². The highest BCUT2D eigenvalue weighted by Gasteiger charge is 2.21. The standard InChI is InChI=1S/C22H23N3O/c26-16-19-8-9-21-20(14-19)15-23-22(24-21)25-12-10-18(11-13-25)7-6-17-4-2-1-3-5-17/h1-5,8-9,14-16,18H,6-7,10-13H2. The second-order valence-corrected chi connectivity index (χ2v) is 7.06. The van der Waals surface area contributed by atoms with Crippen LogP contribution < -0.4 is 4.90 Å². The molecule has 0 radical (unpaired) electrons. The minimum absolute atomic E-state index is 0.660. The SMILES string of the molecule is O=Cc1ccc2nc(N3CCC(CCc4ccccc4)CC3)ncc2c1. The van der Waals surface area contributed by atoms with Gasteiger partial charge in [0.2, 0.25) is 5.95 Å². The predicted octanol–water partition coefficient (Wildman–Crippen LogP) is 4.29. The van der Waals surface area contributed by atoms with Gasteiger partial charge in [-0.2, -0.15) is 0 Å². The highest BCUT2D eigenvalue weighted by atomic mass is 16.1. The maximum Gasteiger partial charge on any atom is 0.225 e. The van der Waals surface area contributed by atoms with E-state index in [1.807, 2.05) is 24.4 Å². The molecular formula is C22H23N3O. The summed E-state index contributed by atoms with van der Waals surface area (Å²) in [7, 11) is 0. The number of rotatable bonds is 5. The monoisotopic (exact) mass is 345 g/mol. The van der Waals surface area contributed by atoms with Gasteiger partial charge < -0.3 is 4.90 Å². The van der Waals surface area contributed by atoms with Crippen LogP contribution >= 0.6 is 0 Å². The molecule has 0 atom stereocenters. The number of aldehydes is 1. The van der Waals surface area contributed by atoms with Crippen molar-refractivity contribution in [2.45, 2.75) is 25.7 Å². The molecule has 0 amide bonds. The number of benzene rings is 2. The van der Waals surface area contributed by atoms with E-state index in [2.05, 4.69) is 40.2 Å². The van der Waals surface area contributed by atoms with E-state index in [0.717, 1.165) is 48.6 Å². The Kier molecular flexibility index (Phi) is 4.91. The summed E-state index contributed by atoms with van der Waals surface area (Å²) in [6.45, 7) is 2.02. The molecule has 0 N–H and O–H groups in total. The highest BCUT2D eigenvalue weighted by molar-refractivity contribution is 5.86. The normalized spacial score (nSPS) is 15.3. The topological polar surface area (TPSA) is 46.1 Å². The molecule has 0 saturated carbocycles. The van der Waals surface area contributed by atoms with E-state index in [0.29, 0.717) is 5.56 Å². The molecule has 0 spiro atoms. The van der Waals surface area contributed by atoms with E-state index >= 15 is 0 Å². The lowest BCUT2D eigenvalue weighted by atomic mass is 9.90. The van der Waals surface area contributed by atoms with Crippen LogP contribution in [0.4, 0.5) is 5.95 Å². The van der Waals surface area contributed by atoms with Gasteiger partial charge in [-0.1, -0.05) is 30.3 Å². The molecule has 1 fully saturated rings. The summed E-state index contributed by atoms with van der Waals surface area (Å²) in [6.07, 6.45) is 7.48. The molecule has 1 saturated heterocycles. The minimum atomic E-state index is 0.660. The lowest BCUT2D eigenvalue weighted by molar-refractivity contribution is 0.112. The van der Waals surface area contributed by atoms with E-state index in [1.165, 1.54) is 24.8 Å². The van der Waals surface area contributed by atoms with Gasteiger partial charge in [0.15, 0.2) is 0 Å². The first-order valence-corrected chi connectivity index (χ1v) is 9.33. The number of aryl methyl sites for hydroxylation is 1. The quantitative estimate of drug-likeness (QED) is 0.647. The zero-order valence-electron chi connectivity index (χ0n) is 14.8. The van der Waals surface area contributed by atoms with Crippen LogP contribution in [0, 0.1) is 5.92 Å². The largest absolute Gasteiger partial charge is 0.341 e. The summed E-state index contributed by atoms with van der Waals surface area (Å²) in [5, 5.41) is 0.913. The van der Waals surface area contributed by atoms with Gasteiger partial charge in [0.1, 0.15) is 6.29 Å². The molecule has 26 heavy (non-hydrogen) atoms. The highest BCUT2D eigenvalue weighted by Crippen LogP contribution is 2.25. The van der Waals surface area contributed by atoms with Gasteiger partial charge >= 0.3 is 0 Å². The summed E-state index contributed by atoms with van der Waals surface area (Å²) in [5.74, 6) is 1.58. The molecule has 0 bridgehead atoms. The van der Waals surface area contributed by atoms with Crippen LogP contribution in [0.3, 0.4) is 0 Å². The van der Waals surface area contributed by atoms with Crippen molar-refractivity contribution in [1.82, 2.24) is 9.97 Å². The van der Waals surface area contributed by atoms with Crippen molar-refractivity contribution >= 4 is 23.1 Å². The van der Waals surface area contributed by atoms with Crippen molar-refractivity contribution in [2.75, 3.05) is 18.0 Å². The summed E-state index contributed by atoms with van der Waals surface area (Å²) in [4.78, 5) is 22.4. The second-order valence-electron chi connectivity index (χ2n) is 7.06. The van der Waals surface area contributed by atoms with Crippen LogP contribution in [0.2, 0.25) is 0 Å². The van der Waals surface area contributed by atoms with E-state index in [4.69, 9.17) is 4.98 Å². The molecule has 1 aliphatic rings. The fourth-order valence-corrected chi connectivity index (χ4v) is 3.70. The van der Waals surface area contributed by atoms with Gasteiger partial charge in [-0.05, 0) is 55.4 Å². The first-order valence-electron chi connectivity index (χ1n) is 9.33. The summed E-state index contributed by atoms with van der Waals surface area (Å²) < 4.78 is 0. The van der Waals surface area contributed by atoms with Crippen molar-refractivity contribution in [3.05, 3.63) is 65.9 Å². The zero-order chi connectivity index (χ0) is 17.8. The Morgan fingerprint density at radius 2 is 1.88 bits per heavy atom. The molecule has 2 aromatic carbocycles. The molecule has 4 rings (SSSR count). The zero-order valence-corrected chi connectivity index (χ0v) is 14.8. The average molecular weight is 345 g/mol. The third kappa shape index (κ3) is 3.74. The lowest BCUT2D eigenvalue weighted by Gasteiger charge is -2.32. The van der Waals surface area contributed by atoms with Crippen molar-refractivity contribution in [1.29, 1.82) is 0 Å². The molecular weight excluding hydrogens is 322 g/mol. The summed E-state index contributed by atoms with van der Waals surface area (Å²) in [6, 6.07) is 16.3. The fraction of sp³-hybridized carbons (Fsp3) is 0.318. The van der Waals surface area contributed by atoms with Crippen LogP contribution in [0.1, 0.15) is 35.2 Å². The van der Waals surface area contributed by atoms with Gasteiger partial charge in [-0.3, -0.25) is 4.79 Å². The Morgan fingerprint density at radius 3 is 2.65 bits per heavy atom. The van der Waals surface area contributed by atoms with Gasteiger partial charge in [0.05, 0.1) is 5.52 Å². The molecule has 1 aliphatic heterocycles. The number of anilines is 1. The Morgan fingerprint density at radius 1 is 1.08 bits per heavy atom. The number of carbonyl (C=O) groups excluding carboxylic acids is 1. The van der Waals surface area contributed by atoms with Crippen LogP contribution in [-0.2, 0) is 6.42 Å². The van der Waals surface area contributed by atoms with Crippen LogP contribution in [-0.4, -0.2) is 29.3 Å². The molecule has 4 heteroatoms. The molecule has 0 aliphatic carbocycles. The Balaban J connectivity index is 1.37. The van der Waals surface area contributed by atoms with Crippen LogP contribution in [0.25, 0.3) is 10.9 Å². The Hall–Kier alpha value is -2.75. The molecule has 1 aromatic heterocycles. The first-order chi connectivity index (χ1) is 12.8. The first kappa shape index (κ1) is 16.7. The molecule has 2 heterocycles. The predicted molar refractivity (Wildman–Crippen MR) is 105 cm³/mol. The fourth-order valence-electron chi connectivity index (χ4n) is 3.70. The van der Waals surface area contributed by atoms with E-state index in [1.54, 1.807) is 0 Å². The van der Waals surface area contributed by atoms with Crippen molar-refractivity contribution in [2.24, 2.45) is 5.92 Å². The minimum Gasteiger partial charge on any atom is -0.341 e. The van der Waals surface area contributed by atoms with E-state index < -0.39 is 0 Å². The molecule has 132 valence electrons. The average Bonchev–Trinajstić information content (AvgIpc) is 2.72. The number of hydrogen-bond donors (Lipinski definition) is 0. The van der Waals surface area contributed by atoms with Gasteiger partial charge in [-0.25, -0.2) is 9.97 Å². The summed E-state index contributed by atoms with van der Waals surface area (Å²) >= 11 is 0. The van der Waals surface area contributed by atoms with Crippen molar-refractivity contribution in [3.8, 4) is 0 Å². The van der Waals surface area contributed by atoms with E-state index in [9.17, 15) is 4.79 Å². The number of piperidine rings is 1. The van der Waals surface area contributed by atoms with Gasteiger partial charge in [0, 0.05) is 30.2 Å². The van der Waals surface area contributed by atoms with Crippen molar-refractivity contribution < 1.29 is 4.79 Å².